The van der Waals surface area contributed by atoms with Crippen molar-refractivity contribution in [2.45, 2.75) is 19.9 Å². The van der Waals surface area contributed by atoms with E-state index in [-0.39, 0.29) is 11.9 Å². The molecular formula is C17H16FN3S. The molecule has 1 aromatic carbocycles. The highest BCUT2D eigenvalue weighted by atomic mass is 32.1. The molecule has 3 nitrogen and oxygen atoms in total. The Kier molecular flexibility index (Phi) is 4.15. The van der Waals surface area contributed by atoms with Gasteiger partial charge in [-0.3, -0.25) is 4.98 Å². The number of pyridine rings is 1. The van der Waals surface area contributed by atoms with Crippen LogP contribution in [0.3, 0.4) is 0 Å². The Morgan fingerprint density at radius 2 is 2.00 bits per heavy atom. The molecule has 0 fully saturated rings. The normalized spacial score (nSPS) is 12.1. The third-order valence-corrected chi connectivity index (χ3v) is 4.12. The first-order valence-corrected chi connectivity index (χ1v) is 7.94. The lowest BCUT2D eigenvalue weighted by Crippen LogP contribution is -2.18. The molecule has 2 heterocycles. The van der Waals surface area contributed by atoms with Crippen LogP contribution in [0.25, 0.3) is 11.3 Å². The summed E-state index contributed by atoms with van der Waals surface area (Å²) < 4.78 is 16.2. The molecule has 3 aromatic rings. The average molecular weight is 313 g/mol. The van der Waals surface area contributed by atoms with Gasteiger partial charge in [0.2, 0.25) is 0 Å². The lowest BCUT2D eigenvalue weighted by Gasteiger charge is -2.13. The molecule has 112 valence electrons. The molecule has 0 aliphatic carbocycles. The predicted octanol–water partition coefficient (Wildman–Crippen LogP) is 4.56. The van der Waals surface area contributed by atoms with Crippen LogP contribution in [0.5, 0.6) is 0 Å². The average Bonchev–Trinajstić information content (AvgIpc) is 2.92. The van der Waals surface area contributed by atoms with Crippen molar-refractivity contribution in [2.75, 3.05) is 0 Å². The number of benzene rings is 1. The monoisotopic (exact) mass is 313 g/mol. The van der Waals surface area contributed by atoms with E-state index in [4.69, 9.17) is 0 Å². The van der Waals surface area contributed by atoms with Crippen LogP contribution in [0, 0.1) is 5.82 Å². The summed E-state index contributed by atoms with van der Waals surface area (Å²) >= 11 is 1.50. The van der Waals surface area contributed by atoms with Crippen LogP contribution >= 0.6 is 11.3 Å². The summed E-state index contributed by atoms with van der Waals surface area (Å²) in [6, 6.07) is 10.8. The van der Waals surface area contributed by atoms with E-state index in [1.807, 2.05) is 23.6 Å². The maximum absolute atomic E-state index is 14.1. The van der Waals surface area contributed by atoms with Gasteiger partial charge in [0.1, 0.15) is 5.82 Å². The Bertz CT molecular complexity index is 834. The lowest BCUT2D eigenvalue weighted by molar-refractivity contribution is 0.584. The van der Waals surface area contributed by atoms with Gasteiger partial charge >= 0.3 is 0 Å². The van der Waals surface area contributed by atoms with Crippen molar-refractivity contribution < 1.29 is 4.39 Å². The second kappa shape index (κ2) is 6.23. The van der Waals surface area contributed by atoms with Crippen molar-refractivity contribution in [3.8, 4) is 11.3 Å². The van der Waals surface area contributed by atoms with E-state index in [1.165, 1.54) is 17.4 Å². The second-order valence-electron chi connectivity index (χ2n) is 5.17. The van der Waals surface area contributed by atoms with E-state index >= 15 is 0 Å². The molecular weight excluding hydrogens is 297 g/mol. The first-order chi connectivity index (χ1) is 10.7. The van der Waals surface area contributed by atoms with E-state index in [0.29, 0.717) is 5.56 Å². The van der Waals surface area contributed by atoms with Crippen LogP contribution in [-0.2, 0) is 0 Å². The number of aromatic nitrogens is 2. The molecule has 0 spiro atoms. The van der Waals surface area contributed by atoms with Gasteiger partial charge in [-0.15, -0.1) is 11.3 Å². The van der Waals surface area contributed by atoms with Crippen molar-refractivity contribution in [3.63, 3.8) is 0 Å². The van der Waals surface area contributed by atoms with Gasteiger partial charge in [-0.1, -0.05) is 12.1 Å². The molecule has 2 aromatic heterocycles. The van der Waals surface area contributed by atoms with Gasteiger partial charge in [-0.2, -0.15) is 0 Å². The van der Waals surface area contributed by atoms with Gasteiger partial charge in [0, 0.05) is 23.2 Å². The zero-order chi connectivity index (χ0) is 15.5. The van der Waals surface area contributed by atoms with Gasteiger partial charge in [-0.25, -0.2) is 9.38 Å². The Morgan fingerprint density at radius 1 is 1.18 bits per heavy atom. The number of halogens is 1. The smallest absolute Gasteiger partial charge is 0.190 e. The maximum Gasteiger partial charge on any atom is 0.190 e. The first-order valence-electron chi connectivity index (χ1n) is 7.06. The minimum absolute atomic E-state index is 0.177. The summed E-state index contributed by atoms with van der Waals surface area (Å²) in [4.78, 5) is 9.55. The molecule has 0 radical (unpaired) electrons. The van der Waals surface area contributed by atoms with Crippen LogP contribution in [0.2, 0.25) is 0 Å². The standard InChI is InChI=1S/C17H16FN3S/c1-12(2)21-16(14-7-3-4-8-15(14)18)11-22-17(21)20-13-6-5-9-19-10-13/h3-12H,1-2H3. The van der Waals surface area contributed by atoms with E-state index < -0.39 is 0 Å². The number of hydrogen-bond donors (Lipinski definition) is 0. The molecule has 0 aliphatic rings. The maximum atomic E-state index is 14.1. The fourth-order valence-electron chi connectivity index (χ4n) is 2.30. The summed E-state index contributed by atoms with van der Waals surface area (Å²) in [5, 5.41) is 1.95. The van der Waals surface area contributed by atoms with Crippen LogP contribution < -0.4 is 4.80 Å². The van der Waals surface area contributed by atoms with Gasteiger partial charge in [0.15, 0.2) is 4.80 Å². The van der Waals surface area contributed by atoms with Crippen LogP contribution in [0.15, 0.2) is 59.2 Å². The molecule has 5 heteroatoms. The predicted molar refractivity (Wildman–Crippen MR) is 87.5 cm³/mol. The molecule has 22 heavy (non-hydrogen) atoms. The molecule has 0 saturated heterocycles. The topological polar surface area (TPSA) is 30.2 Å². The molecule has 3 rings (SSSR count). The van der Waals surface area contributed by atoms with E-state index in [9.17, 15) is 4.39 Å². The lowest BCUT2D eigenvalue weighted by atomic mass is 10.1. The highest BCUT2D eigenvalue weighted by molar-refractivity contribution is 7.07. The van der Waals surface area contributed by atoms with E-state index in [0.717, 1.165) is 16.2 Å². The van der Waals surface area contributed by atoms with Crippen molar-refractivity contribution in [3.05, 3.63) is 64.8 Å². The number of thiazole rings is 1. The number of nitrogens with zero attached hydrogens (tertiary/aromatic N) is 3. The molecule has 0 aliphatic heterocycles. The van der Waals surface area contributed by atoms with E-state index in [1.54, 1.807) is 24.5 Å². The fraction of sp³-hybridized carbons (Fsp3) is 0.176. The highest BCUT2D eigenvalue weighted by Crippen LogP contribution is 2.26. The zero-order valence-electron chi connectivity index (χ0n) is 12.4. The summed E-state index contributed by atoms with van der Waals surface area (Å²) in [7, 11) is 0. The highest BCUT2D eigenvalue weighted by Gasteiger charge is 2.13. The largest absolute Gasteiger partial charge is 0.314 e. The number of hydrogen-bond acceptors (Lipinski definition) is 3. The molecule has 0 saturated carbocycles. The SMILES string of the molecule is CC(C)n1c(-c2ccccc2F)csc1=Nc1cccnc1. The van der Waals surface area contributed by atoms with Crippen molar-refractivity contribution >= 4 is 17.0 Å². The Balaban J connectivity index is 2.19. The second-order valence-corrected chi connectivity index (χ2v) is 6.01. The van der Waals surface area contributed by atoms with Crippen molar-refractivity contribution in [1.82, 2.24) is 9.55 Å². The first kappa shape index (κ1) is 14.7. The quantitative estimate of drug-likeness (QED) is 0.697. The summed E-state index contributed by atoms with van der Waals surface area (Å²) in [6.45, 7) is 4.14. The Hall–Kier alpha value is -2.27. The van der Waals surface area contributed by atoms with Crippen molar-refractivity contribution in [1.29, 1.82) is 0 Å². The van der Waals surface area contributed by atoms with Gasteiger partial charge in [0.05, 0.1) is 17.6 Å². The van der Waals surface area contributed by atoms with Crippen LogP contribution in [0.4, 0.5) is 10.1 Å². The Labute approximate surface area is 132 Å². The summed E-state index contributed by atoms with van der Waals surface area (Å²) in [6.07, 6.45) is 3.43. The minimum atomic E-state index is -0.220. The van der Waals surface area contributed by atoms with Gasteiger partial charge < -0.3 is 4.57 Å². The van der Waals surface area contributed by atoms with Gasteiger partial charge in [-0.05, 0) is 38.1 Å². The number of rotatable bonds is 3. The van der Waals surface area contributed by atoms with Gasteiger partial charge in [0.25, 0.3) is 0 Å². The van der Waals surface area contributed by atoms with Crippen LogP contribution in [0.1, 0.15) is 19.9 Å². The van der Waals surface area contributed by atoms with Crippen molar-refractivity contribution in [2.24, 2.45) is 4.99 Å². The Morgan fingerprint density at radius 3 is 2.68 bits per heavy atom. The zero-order valence-corrected chi connectivity index (χ0v) is 13.2. The summed E-state index contributed by atoms with van der Waals surface area (Å²) in [5.74, 6) is -0.220. The molecule has 0 atom stereocenters. The van der Waals surface area contributed by atoms with E-state index in [2.05, 4.69) is 28.4 Å². The molecule has 0 amide bonds. The third-order valence-electron chi connectivity index (χ3n) is 3.28. The fourth-order valence-corrected chi connectivity index (χ4v) is 3.34. The minimum Gasteiger partial charge on any atom is -0.314 e. The molecule has 0 N–H and O–H groups in total. The molecule has 0 unspecified atom stereocenters. The summed E-state index contributed by atoms with van der Waals surface area (Å²) in [5.41, 5.74) is 2.24. The third kappa shape index (κ3) is 2.85. The van der Waals surface area contributed by atoms with Crippen LogP contribution in [-0.4, -0.2) is 9.55 Å². The molecule has 0 bridgehead atoms.